The van der Waals surface area contributed by atoms with Crippen LogP contribution in [0.5, 0.6) is 11.5 Å². The molecule has 1 aromatic carbocycles. The Morgan fingerprint density at radius 2 is 1.75 bits per heavy atom. The summed E-state index contributed by atoms with van der Waals surface area (Å²) in [6.45, 7) is 7.31. The normalized spacial score (nSPS) is 15.6. The fraction of sp³-hybridized carbons (Fsp3) is 0.579. The molecule has 1 aromatic heterocycles. The van der Waals surface area contributed by atoms with Crippen molar-refractivity contribution in [2.75, 3.05) is 25.9 Å². The van der Waals surface area contributed by atoms with Crippen LogP contribution >= 0.6 is 0 Å². The van der Waals surface area contributed by atoms with Gasteiger partial charge in [-0.1, -0.05) is 13.8 Å². The zero-order chi connectivity index (χ0) is 20.5. The van der Waals surface area contributed by atoms with Gasteiger partial charge in [0.25, 0.3) is 0 Å². The predicted octanol–water partition coefficient (Wildman–Crippen LogP) is 2.37. The lowest BCUT2D eigenvalue weighted by Crippen LogP contribution is -2.22. The first-order valence-corrected chi connectivity index (χ1v) is 11.5. The number of aromatic nitrogens is 3. The highest BCUT2D eigenvalue weighted by Crippen LogP contribution is 2.37. The van der Waals surface area contributed by atoms with Crippen LogP contribution in [-0.4, -0.2) is 64.2 Å². The minimum absolute atomic E-state index is 0.000291. The van der Waals surface area contributed by atoms with Crippen LogP contribution in [0.15, 0.2) is 17.3 Å². The Morgan fingerprint density at radius 1 is 1.07 bits per heavy atom. The first-order chi connectivity index (χ1) is 13.2. The monoisotopic (exact) mass is 408 g/mol. The molecule has 8 nitrogen and oxygen atoms in total. The van der Waals surface area contributed by atoms with E-state index in [4.69, 9.17) is 0 Å². The molecule has 28 heavy (non-hydrogen) atoms. The molecule has 1 aliphatic heterocycles. The Kier molecular flexibility index (Phi) is 5.95. The van der Waals surface area contributed by atoms with Gasteiger partial charge in [-0.2, -0.15) is 0 Å². The Labute approximate surface area is 165 Å². The second-order valence-corrected chi connectivity index (χ2v) is 9.62. The molecule has 1 fully saturated rings. The van der Waals surface area contributed by atoms with Gasteiger partial charge in [0.05, 0.1) is 5.56 Å². The van der Waals surface area contributed by atoms with Gasteiger partial charge in [-0.05, 0) is 56.4 Å². The summed E-state index contributed by atoms with van der Waals surface area (Å²) in [5.74, 6) is 0.163. The first-order valence-electron chi connectivity index (χ1n) is 9.60. The summed E-state index contributed by atoms with van der Waals surface area (Å²) in [6, 6.07) is 2.93. The van der Waals surface area contributed by atoms with Gasteiger partial charge in [0.1, 0.15) is 11.5 Å². The molecule has 0 radical (unpaired) electrons. The molecule has 0 bridgehead atoms. The van der Waals surface area contributed by atoms with Gasteiger partial charge in [0.15, 0.2) is 5.82 Å². The van der Waals surface area contributed by atoms with Crippen molar-refractivity contribution in [3.05, 3.63) is 17.7 Å². The summed E-state index contributed by atoms with van der Waals surface area (Å²) in [5, 5.41) is 28.3. The summed E-state index contributed by atoms with van der Waals surface area (Å²) >= 11 is 0. The number of likely N-dealkylation sites (tertiary alicyclic amines) is 1. The van der Waals surface area contributed by atoms with Crippen molar-refractivity contribution in [3.63, 3.8) is 0 Å². The maximum absolute atomic E-state index is 12.2. The fourth-order valence-corrected chi connectivity index (χ4v) is 4.43. The van der Waals surface area contributed by atoms with Gasteiger partial charge in [-0.15, -0.1) is 10.2 Å². The van der Waals surface area contributed by atoms with Crippen LogP contribution in [0, 0.1) is 0 Å². The molecule has 154 valence electrons. The molecule has 0 saturated carbocycles. The van der Waals surface area contributed by atoms with E-state index >= 15 is 0 Å². The van der Waals surface area contributed by atoms with Gasteiger partial charge >= 0.3 is 0 Å². The van der Waals surface area contributed by atoms with Crippen LogP contribution in [0.1, 0.15) is 44.6 Å². The maximum Gasteiger partial charge on any atom is 0.249 e. The number of rotatable bonds is 7. The topological polar surface area (TPSA) is 109 Å². The number of nitrogens with zero attached hydrogens (tertiary/aromatic N) is 4. The van der Waals surface area contributed by atoms with Gasteiger partial charge < -0.3 is 15.1 Å². The maximum atomic E-state index is 12.2. The minimum Gasteiger partial charge on any atom is -0.508 e. The summed E-state index contributed by atoms with van der Waals surface area (Å²) < 4.78 is 25.9. The number of benzene rings is 1. The first kappa shape index (κ1) is 20.6. The SMILES string of the molecule is CC(C)c1cc(-c2nnc(S(C)(=O)=O)n2CCCN2CCCC2)c(O)cc1O. The zero-order valence-corrected chi connectivity index (χ0v) is 17.4. The second kappa shape index (κ2) is 8.08. The van der Waals surface area contributed by atoms with Crippen LogP contribution in [0.2, 0.25) is 0 Å². The third-order valence-corrected chi connectivity index (χ3v) is 6.08. The molecule has 3 rings (SSSR count). The van der Waals surface area contributed by atoms with E-state index in [0.29, 0.717) is 23.5 Å². The molecule has 2 heterocycles. The Balaban J connectivity index is 1.99. The van der Waals surface area contributed by atoms with Gasteiger partial charge in [0, 0.05) is 18.9 Å². The zero-order valence-electron chi connectivity index (χ0n) is 16.6. The molecule has 1 saturated heterocycles. The van der Waals surface area contributed by atoms with E-state index in [1.807, 2.05) is 13.8 Å². The molecule has 0 spiro atoms. The quantitative estimate of drug-likeness (QED) is 0.724. The van der Waals surface area contributed by atoms with Crippen LogP contribution < -0.4 is 0 Å². The van der Waals surface area contributed by atoms with Crippen LogP contribution in [0.3, 0.4) is 0 Å². The van der Waals surface area contributed by atoms with Crippen molar-refractivity contribution in [3.8, 4) is 22.9 Å². The molecule has 1 aliphatic rings. The molecule has 0 unspecified atom stereocenters. The highest BCUT2D eigenvalue weighted by atomic mass is 32.2. The predicted molar refractivity (Wildman–Crippen MR) is 106 cm³/mol. The number of phenols is 2. The number of phenolic OH excluding ortho intramolecular Hbond substituents is 2. The highest BCUT2D eigenvalue weighted by molar-refractivity contribution is 7.90. The van der Waals surface area contributed by atoms with Crippen molar-refractivity contribution in [1.82, 2.24) is 19.7 Å². The molecule has 0 amide bonds. The van der Waals surface area contributed by atoms with Crippen molar-refractivity contribution in [2.24, 2.45) is 0 Å². The lowest BCUT2D eigenvalue weighted by Gasteiger charge is -2.16. The summed E-state index contributed by atoms with van der Waals surface area (Å²) in [5.41, 5.74) is 1.02. The van der Waals surface area contributed by atoms with E-state index in [1.165, 1.54) is 18.9 Å². The van der Waals surface area contributed by atoms with Crippen molar-refractivity contribution < 1.29 is 18.6 Å². The summed E-state index contributed by atoms with van der Waals surface area (Å²) in [4.78, 5) is 2.36. The minimum atomic E-state index is -3.57. The summed E-state index contributed by atoms with van der Waals surface area (Å²) in [7, 11) is -3.57. The van der Waals surface area contributed by atoms with Crippen molar-refractivity contribution >= 4 is 9.84 Å². The van der Waals surface area contributed by atoms with Crippen LogP contribution in [-0.2, 0) is 16.4 Å². The molecule has 9 heteroatoms. The average molecular weight is 409 g/mol. The standard InChI is InChI=1S/C19H28N4O4S/c1-13(2)14-11-15(17(25)12-16(14)24)18-20-21-19(28(3,26)27)23(18)10-6-9-22-7-4-5-8-22/h11-13,24-25H,4-10H2,1-3H3. The number of sulfone groups is 1. The van der Waals surface area contributed by atoms with E-state index in [2.05, 4.69) is 15.1 Å². The van der Waals surface area contributed by atoms with E-state index in [9.17, 15) is 18.6 Å². The Hall–Kier alpha value is -2.13. The van der Waals surface area contributed by atoms with Crippen LogP contribution in [0.25, 0.3) is 11.4 Å². The molecule has 0 atom stereocenters. The Bertz CT molecular complexity index is 947. The number of aromatic hydroxyl groups is 2. The van der Waals surface area contributed by atoms with E-state index in [0.717, 1.165) is 32.3 Å². The van der Waals surface area contributed by atoms with Gasteiger partial charge in [-0.25, -0.2) is 8.42 Å². The van der Waals surface area contributed by atoms with Gasteiger partial charge in [0.2, 0.25) is 15.0 Å². The smallest absolute Gasteiger partial charge is 0.249 e. The lowest BCUT2D eigenvalue weighted by molar-refractivity contribution is 0.323. The molecule has 2 N–H and O–H groups in total. The van der Waals surface area contributed by atoms with E-state index < -0.39 is 9.84 Å². The number of hydrogen-bond acceptors (Lipinski definition) is 7. The lowest BCUT2D eigenvalue weighted by atomic mass is 9.98. The number of hydrogen-bond donors (Lipinski definition) is 2. The van der Waals surface area contributed by atoms with Crippen LogP contribution in [0.4, 0.5) is 0 Å². The van der Waals surface area contributed by atoms with E-state index in [1.54, 1.807) is 10.6 Å². The molecule has 0 aliphatic carbocycles. The largest absolute Gasteiger partial charge is 0.508 e. The molecular formula is C19H28N4O4S. The summed E-state index contributed by atoms with van der Waals surface area (Å²) in [6.07, 6.45) is 4.26. The van der Waals surface area contributed by atoms with E-state index in [-0.39, 0.29) is 22.6 Å². The average Bonchev–Trinajstić information content (AvgIpc) is 3.24. The van der Waals surface area contributed by atoms with Crippen molar-refractivity contribution in [1.29, 1.82) is 0 Å². The highest BCUT2D eigenvalue weighted by Gasteiger charge is 2.24. The third kappa shape index (κ3) is 4.30. The Morgan fingerprint density at radius 3 is 2.36 bits per heavy atom. The van der Waals surface area contributed by atoms with Gasteiger partial charge in [-0.3, -0.25) is 4.57 Å². The molecular weight excluding hydrogens is 380 g/mol. The molecule has 2 aromatic rings. The third-order valence-electron chi connectivity index (χ3n) is 5.11. The van der Waals surface area contributed by atoms with Crippen molar-refractivity contribution in [2.45, 2.75) is 50.7 Å². The fourth-order valence-electron chi connectivity index (χ4n) is 3.66. The second-order valence-electron chi connectivity index (χ2n) is 7.72.